The predicted molar refractivity (Wildman–Crippen MR) is 93.5 cm³/mol. The molecular formula is C18H21ClN2O4. The lowest BCUT2D eigenvalue weighted by atomic mass is 10.1. The topological polar surface area (TPSA) is 72.6 Å². The van der Waals surface area contributed by atoms with E-state index in [0.717, 1.165) is 6.42 Å². The molecule has 0 radical (unpaired) electrons. The van der Waals surface area contributed by atoms with Crippen molar-refractivity contribution < 1.29 is 18.7 Å². The van der Waals surface area contributed by atoms with E-state index in [1.165, 1.54) is 13.4 Å². The maximum Gasteiger partial charge on any atom is 0.360 e. The summed E-state index contributed by atoms with van der Waals surface area (Å²) in [6.07, 6.45) is 2.06. The monoisotopic (exact) mass is 364 g/mol. The Morgan fingerprint density at radius 1 is 1.36 bits per heavy atom. The summed E-state index contributed by atoms with van der Waals surface area (Å²) in [6, 6.07) is 6.79. The molecule has 0 fully saturated rings. The van der Waals surface area contributed by atoms with E-state index in [0.29, 0.717) is 23.0 Å². The summed E-state index contributed by atoms with van der Waals surface area (Å²) in [5.41, 5.74) is 0.576. The van der Waals surface area contributed by atoms with E-state index in [1.807, 2.05) is 0 Å². The van der Waals surface area contributed by atoms with E-state index in [9.17, 15) is 9.59 Å². The maximum atomic E-state index is 12.8. The molecular weight excluding hydrogens is 344 g/mol. The van der Waals surface area contributed by atoms with Crippen molar-refractivity contribution in [2.24, 2.45) is 5.92 Å². The van der Waals surface area contributed by atoms with Gasteiger partial charge in [-0.15, -0.1) is 0 Å². The molecule has 0 bridgehead atoms. The number of halogens is 1. The lowest BCUT2D eigenvalue weighted by molar-refractivity contribution is 0.0594. The van der Waals surface area contributed by atoms with Crippen molar-refractivity contribution in [2.75, 3.05) is 13.7 Å². The Bertz CT molecular complexity index is 742. The number of carbonyl (C=O) groups is 2. The Kier molecular flexibility index (Phi) is 6.58. The summed E-state index contributed by atoms with van der Waals surface area (Å²) < 4.78 is 9.91. The molecule has 2 rings (SSSR count). The molecule has 1 aromatic carbocycles. The molecule has 1 aromatic heterocycles. The first-order chi connectivity index (χ1) is 11.9. The average molecular weight is 365 g/mol. The number of benzene rings is 1. The van der Waals surface area contributed by atoms with Gasteiger partial charge in [-0.1, -0.05) is 31.5 Å². The van der Waals surface area contributed by atoms with Crippen molar-refractivity contribution >= 4 is 23.5 Å². The smallest absolute Gasteiger partial charge is 0.360 e. The van der Waals surface area contributed by atoms with Crippen molar-refractivity contribution in [2.45, 2.75) is 26.8 Å². The lowest BCUT2D eigenvalue weighted by Gasteiger charge is -2.22. The van der Waals surface area contributed by atoms with E-state index in [4.69, 9.17) is 16.0 Å². The van der Waals surface area contributed by atoms with Crippen LogP contribution in [0, 0.1) is 5.92 Å². The number of carbonyl (C=O) groups excluding carboxylic acids is 2. The Morgan fingerprint density at radius 3 is 2.76 bits per heavy atom. The second-order valence-corrected chi connectivity index (χ2v) is 6.47. The van der Waals surface area contributed by atoms with Crippen LogP contribution >= 0.6 is 11.6 Å². The molecule has 0 aliphatic rings. The number of methoxy groups -OCH3 is 1. The van der Waals surface area contributed by atoms with E-state index >= 15 is 0 Å². The van der Waals surface area contributed by atoms with Gasteiger partial charge < -0.3 is 14.1 Å². The van der Waals surface area contributed by atoms with E-state index in [2.05, 4.69) is 23.6 Å². The fraction of sp³-hybridized carbons (Fsp3) is 0.389. The Balaban J connectivity index is 2.19. The van der Waals surface area contributed by atoms with Crippen LogP contribution in [-0.2, 0) is 11.3 Å². The molecule has 0 spiro atoms. The highest BCUT2D eigenvalue weighted by molar-refractivity contribution is 6.30. The number of ether oxygens (including phenoxy) is 1. The maximum absolute atomic E-state index is 12.8. The van der Waals surface area contributed by atoms with Gasteiger partial charge in [-0.05, 0) is 30.5 Å². The van der Waals surface area contributed by atoms with Crippen LogP contribution in [0.15, 0.2) is 34.9 Å². The average Bonchev–Trinajstić information content (AvgIpc) is 3.05. The number of amides is 1. The molecule has 25 heavy (non-hydrogen) atoms. The first kappa shape index (κ1) is 19.0. The number of nitrogens with zero attached hydrogens (tertiary/aromatic N) is 2. The number of esters is 1. The number of aromatic nitrogens is 1. The molecule has 6 nitrogen and oxygen atoms in total. The van der Waals surface area contributed by atoms with Gasteiger partial charge in [0.25, 0.3) is 5.91 Å². The zero-order valence-corrected chi connectivity index (χ0v) is 15.2. The van der Waals surface area contributed by atoms with Gasteiger partial charge in [-0.25, -0.2) is 9.78 Å². The number of oxazole rings is 1. The molecule has 0 saturated heterocycles. The Morgan fingerprint density at radius 2 is 2.12 bits per heavy atom. The van der Waals surface area contributed by atoms with Gasteiger partial charge >= 0.3 is 5.97 Å². The van der Waals surface area contributed by atoms with Crippen molar-refractivity contribution in [3.63, 3.8) is 0 Å². The van der Waals surface area contributed by atoms with Crippen LogP contribution < -0.4 is 0 Å². The normalized spacial score (nSPS) is 10.8. The highest BCUT2D eigenvalue weighted by atomic mass is 35.5. The lowest BCUT2D eigenvalue weighted by Crippen LogP contribution is -2.32. The molecule has 0 aliphatic heterocycles. The van der Waals surface area contributed by atoms with Gasteiger partial charge in [-0.2, -0.15) is 0 Å². The zero-order chi connectivity index (χ0) is 18.4. The summed E-state index contributed by atoms with van der Waals surface area (Å²) >= 11 is 5.98. The van der Waals surface area contributed by atoms with Crippen LogP contribution in [0.25, 0.3) is 0 Å². The second-order valence-electron chi connectivity index (χ2n) is 6.04. The molecule has 0 saturated carbocycles. The third kappa shape index (κ3) is 5.32. The molecule has 1 heterocycles. The van der Waals surface area contributed by atoms with Gasteiger partial charge in [0, 0.05) is 17.1 Å². The minimum atomic E-state index is -0.579. The van der Waals surface area contributed by atoms with Crippen LogP contribution in [0.4, 0.5) is 0 Å². The summed E-state index contributed by atoms with van der Waals surface area (Å²) in [5, 5.41) is 0.499. The van der Waals surface area contributed by atoms with E-state index < -0.39 is 5.97 Å². The highest BCUT2D eigenvalue weighted by Gasteiger charge is 2.20. The van der Waals surface area contributed by atoms with Gasteiger partial charge in [0.1, 0.15) is 6.26 Å². The molecule has 0 atom stereocenters. The third-order valence-electron chi connectivity index (χ3n) is 3.61. The van der Waals surface area contributed by atoms with Gasteiger partial charge in [0.2, 0.25) is 5.89 Å². The minimum Gasteiger partial charge on any atom is -0.464 e. The van der Waals surface area contributed by atoms with E-state index in [-0.39, 0.29) is 24.0 Å². The Labute approximate surface area is 151 Å². The van der Waals surface area contributed by atoms with Gasteiger partial charge in [0.05, 0.1) is 13.7 Å². The van der Waals surface area contributed by atoms with Crippen LogP contribution in [0.1, 0.15) is 47.0 Å². The quantitative estimate of drug-likeness (QED) is 0.698. The molecule has 0 aliphatic carbocycles. The molecule has 1 amide bonds. The first-order valence-corrected chi connectivity index (χ1v) is 8.36. The number of hydrogen-bond acceptors (Lipinski definition) is 5. The van der Waals surface area contributed by atoms with Crippen LogP contribution in [0.2, 0.25) is 5.02 Å². The molecule has 0 unspecified atom stereocenters. The van der Waals surface area contributed by atoms with Crippen molar-refractivity contribution in [3.05, 3.63) is 52.7 Å². The van der Waals surface area contributed by atoms with Crippen molar-refractivity contribution in [1.82, 2.24) is 9.88 Å². The Hall–Kier alpha value is -2.34. The van der Waals surface area contributed by atoms with Crippen LogP contribution in [-0.4, -0.2) is 35.4 Å². The molecule has 7 heteroatoms. The third-order valence-corrected chi connectivity index (χ3v) is 3.84. The second kappa shape index (κ2) is 8.67. The van der Waals surface area contributed by atoms with Crippen LogP contribution in [0.3, 0.4) is 0 Å². The van der Waals surface area contributed by atoms with Crippen molar-refractivity contribution in [3.8, 4) is 0 Å². The van der Waals surface area contributed by atoms with Gasteiger partial charge in [-0.3, -0.25) is 4.79 Å². The molecule has 2 aromatic rings. The predicted octanol–water partition coefficient (Wildman–Crippen LogP) is 3.80. The zero-order valence-electron chi connectivity index (χ0n) is 14.5. The largest absolute Gasteiger partial charge is 0.464 e. The summed E-state index contributed by atoms with van der Waals surface area (Å²) in [4.78, 5) is 30.0. The SMILES string of the molecule is COC(=O)c1coc(CN(CCC(C)C)C(=O)c2cccc(Cl)c2)n1. The number of hydrogen-bond donors (Lipinski definition) is 0. The summed E-state index contributed by atoms with van der Waals surface area (Å²) in [7, 11) is 1.27. The summed E-state index contributed by atoms with van der Waals surface area (Å²) in [5.74, 6) is -0.0322. The summed E-state index contributed by atoms with van der Waals surface area (Å²) in [6.45, 7) is 4.87. The van der Waals surface area contributed by atoms with Crippen LogP contribution in [0.5, 0.6) is 0 Å². The molecule has 134 valence electrons. The standard InChI is InChI=1S/C18H21ClN2O4/c1-12(2)7-8-21(17(22)13-5-4-6-14(19)9-13)10-16-20-15(11-25-16)18(23)24-3/h4-6,9,11-12H,7-8,10H2,1-3H3. The van der Waals surface area contributed by atoms with E-state index in [1.54, 1.807) is 29.2 Å². The minimum absolute atomic E-state index is 0.0801. The fourth-order valence-corrected chi connectivity index (χ4v) is 2.41. The molecule has 0 N–H and O–H groups in total. The fourth-order valence-electron chi connectivity index (χ4n) is 2.22. The first-order valence-electron chi connectivity index (χ1n) is 7.98. The number of rotatable bonds is 7. The van der Waals surface area contributed by atoms with Gasteiger partial charge in [0.15, 0.2) is 5.69 Å². The van der Waals surface area contributed by atoms with Crippen molar-refractivity contribution in [1.29, 1.82) is 0 Å². The highest BCUT2D eigenvalue weighted by Crippen LogP contribution is 2.16.